The maximum absolute atomic E-state index is 12.5. The van der Waals surface area contributed by atoms with E-state index in [9.17, 15) is 9.59 Å². The number of nitrogens with one attached hydrogen (secondary N) is 1. The van der Waals surface area contributed by atoms with Crippen LogP contribution in [0.2, 0.25) is 5.02 Å². The Morgan fingerprint density at radius 1 is 1.10 bits per heavy atom. The number of likely N-dealkylation sites (tertiary alicyclic amines) is 1. The predicted molar refractivity (Wildman–Crippen MR) is 112 cm³/mol. The van der Waals surface area contributed by atoms with Crippen LogP contribution in [0.25, 0.3) is 0 Å². The first-order chi connectivity index (χ1) is 14.0. The van der Waals surface area contributed by atoms with Crippen LogP contribution in [-0.4, -0.2) is 43.2 Å². The van der Waals surface area contributed by atoms with E-state index in [0.29, 0.717) is 23.7 Å². The zero-order valence-electron chi connectivity index (χ0n) is 16.4. The molecule has 0 unspecified atom stereocenters. The lowest BCUT2D eigenvalue weighted by Gasteiger charge is -2.32. The molecule has 0 saturated carbocycles. The normalized spacial score (nSPS) is 16.3. The fourth-order valence-electron chi connectivity index (χ4n) is 3.23. The zero-order valence-corrected chi connectivity index (χ0v) is 17.2. The molecule has 2 amide bonds. The summed E-state index contributed by atoms with van der Waals surface area (Å²) in [6.07, 6.45) is 1.87. The molecule has 2 aromatic rings. The van der Waals surface area contributed by atoms with Gasteiger partial charge < -0.3 is 14.4 Å². The average molecular weight is 417 g/mol. The summed E-state index contributed by atoms with van der Waals surface area (Å²) in [4.78, 5) is 26.3. The third kappa shape index (κ3) is 6.48. The quantitative estimate of drug-likeness (QED) is 0.763. The summed E-state index contributed by atoms with van der Waals surface area (Å²) in [6.45, 7) is 1.58. The number of methoxy groups -OCH3 is 1. The molecule has 6 nitrogen and oxygen atoms in total. The molecule has 1 saturated heterocycles. The fourth-order valence-corrected chi connectivity index (χ4v) is 3.36. The van der Waals surface area contributed by atoms with Gasteiger partial charge in [0.1, 0.15) is 6.61 Å². The molecule has 29 heavy (non-hydrogen) atoms. The lowest BCUT2D eigenvalue weighted by atomic mass is 10.1. The molecule has 3 rings (SSSR count). The number of hydrogen-bond acceptors (Lipinski definition) is 4. The van der Waals surface area contributed by atoms with Gasteiger partial charge in [-0.2, -0.15) is 0 Å². The van der Waals surface area contributed by atoms with Crippen molar-refractivity contribution in [3.05, 3.63) is 64.7 Å². The summed E-state index contributed by atoms with van der Waals surface area (Å²) < 4.78 is 10.6. The summed E-state index contributed by atoms with van der Waals surface area (Å²) in [5.41, 5.74) is 2.36. The molecule has 1 heterocycles. The smallest absolute Gasteiger partial charge is 0.411 e. The number of carbonyl (C=O) groups is 2. The largest absolute Gasteiger partial charge is 0.444 e. The van der Waals surface area contributed by atoms with E-state index in [4.69, 9.17) is 21.1 Å². The van der Waals surface area contributed by atoms with E-state index in [1.54, 1.807) is 43.5 Å². The summed E-state index contributed by atoms with van der Waals surface area (Å²) in [5.74, 6) is 0.0924. The average Bonchev–Trinajstić information content (AvgIpc) is 2.74. The van der Waals surface area contributed by atoms with Gasteiger partial charge in [-0.3, -0.25) is 10.1 Å². The topological polar surface area (TPSA) is 67.9 Å². The molecule has 1 fully saturated rings. The Labute approximate surface area is 175 Å². The second-order valence-electron chi connectivity index (χ2n) is 7.04. The first-order valence-electron chi connectivity index (χ1n) is 9.61. The summed E-state index contributed by atoms with van der Waals surface area (Å²) in [7, 11) is 1.69. The predicted octanol–water partition coefficient (Wildman–Crippen LogP) is 4.27. The van der Waals surface area contributed by atoms with Crippen LogP contribution in [-0.2, 0) is 27.3 Å². The van der Waals surface area contributed by atoms with Crippen molar-refractivity contribution in [1.29, 1.82) is 0 Å². The molecule has 0 radical (unpaired) electrons. The molecule has 1 aliphatic heterocycles. The van der Waals surface area contributed by atoms with E-state index in [1.807, 2.05) is 17.0 Å². The minimum Gasteiger partial charge on any atom is -0.444 e. The van der Waals surface area contributed by atoms with Gasteiger partial charge in [-0.15, -0.1) is 0 Å². The molecule has 0 aliphatic carbocycles. The van der Waals surface area contributed by atoms with Gasteiger partial charge in [-0.05, 0) is 48.2 Å². The van der Waals surface area contributed by atoms with Gasteiger partial charge in [0.05, 0.1) is 12.5 Å². The maximum Gasteiger partial charge on any atom is 0.411 e. The van der Waals surface area contributed by atoms with Gasteiger partial charge in [0.25, 0.3) is 0 Å². The van der Waals surface area contributed by atoms with Gasteiger partial charge in [-0.25, -0.2) is 4.79 Å². The third-order valence-electron chi connectivity index (χ3n) is 4.90. The molecule has 1 atom stereocenters. The summed E-state index contributed by atoms with van der Waals surface area (Å²) in [6, 6.07) is 14.3. The van der Waals surface area contributed by atoms with Crippen LogP contribution in [0.15, 0.2) is 48.5 Å². The molecule has 7 heteroatoms. The molecule has 1 aliphatic rings. The van der Waals surface area contributed by atoms with Crippen LogP contribution in [0, 0.1) is 0 Å². The Morgan fingerprint density at radius 3 is 2.48 bits per heavy atom. The highest BCUT2D eigenvalue weighted by Gasteiger charge is 2.23. The number of hydrogen-bond donors (Lipinski definition) is 1. The highest BCUT2D eigenvalue weighted by Crippen LogP contribution is 2.16. The van der Waals surface area contributed by atoms with Crippen molar-refractivity contribution in [1.82, 2.24) is 4.90 Å². The van der Waals surface area contributed by atoms with Gasteiger partial charge in [-0.1, -0.05) is 35.9 Å². The van der Waals surface area contributed by atoms with Crippen molar-refractivity contribution in [2.75, 3.05) is 25.5 Å². The Kier molecular flexibility index (Phi) is 7.49. The van der Waals surface area contributed by atoms with Crippen LogP contribution in [0.1, 0.15) is 24.0 Å². The molecule has 0 aromatic heterocycles. The lowest BCUT2D eigenvalue weighted by Crippen LogP contribution is -2.43. The Hall–Kier alpha value is -2.57. The maximum atomic E-state index is 12.5. The fraction of sp³-hybridized carbons (Fsp3) is 0.364. The summed E-state index contributed by atoms with van der Waals surface area (Å²) >= 11 is 5.83. The number of nitrogens with zero attached hydrogens (tertiary/aromatic N) is 1. The van der Waals surface area contributed by atoms with E-state index in [-0.39, 0.29) is 18.6 Å². The van der Waals surface area contributed by atoms with Crippen LogP contribution in [0.5, 0.6) is 0 Å². The number of benzene rings is 2. The highest BCUT2D eigenvalue weighted by atomic mass is 35.5. The van der Waals surface area contributed by atoms with Crippen molar-refractivity contribution in [3.8, 4) is 0 Å². The van der Waals surface area contributed by atoms with E-state index in [0.717, 1.165) is 30.5 Å². The van der Waals surface area contributed by atoms with Crippen LogP contribution in [0.3, 0.4) is 0 Å². The minimum atomic E-state index is -0.539. The van der Waals surface area contributed by atoms with E-state index in [2.05, 4.69) is 5.32 Å². The number of anilines is 1. The first kappa shape index (κ1) is 21.1. The van der Waals surface area contributed by atoms with Crippen molar-refractivity contribution in [2.24, 2.45) is 0 Å². The van der Waals surface area contributed by atoms with E-state index < -0.39 is 6.09 Å². The molecular weight excluding hydrogens is 392 g/mol. The third-order valence-corrected chi connectivity index (χ3v) is 5.16. The lowest BCUT2D eigenvalue weighted by molar-refractivity contribution is -0.134. The second kappa shape index (κ2) is 10.3. The number of halogens is 1. The van der Waals surface area contributed by atoms with Crippen LogP contribution in [0.4, 0.5) is 10.5 Å². The molecule has 154 valence electrons. The van der Waals surface area contributed by atoms with Crippen molar-refractivity contribution < 1.29 is 19.1 Å². The minimum absolute atomic E-state index is 0.0924. The van der Waals surface area contributed by atoms with E-state index >= 15 is 0 Å². The number of piperidine rings is 1. The Balaban J connectivity index is 1.46. The van der Waals surface area contributed by atoms with E-state index in [1.165, 1.54) is 0 Å². The number of rotatable bonds is 6. The molecule has 0 bridgehead atoms. The molecule has 1 N–H and O–H groups in total. The molecular formula is C22H25ClN2O4. The zero-order chi connectivity index (χ0) is 20.6. The Morgan fingerprint density at radius 2 is 1.79 bits per heavy atom. The SMILES string of the molecule is CO[C@@H]1CCCN(C(=O)Cc2ccc(NC(=O)OCc3ccc(Cl)cc3)cc2)C1. The van der Waals surface area contributed by atoms with Gasteiger partial charge in [0.2, 0.25) is 5.91 Å². The number of amides is 2. The Bertz CT molecular complexity index is 824. The molecule has 0 spiro atoms. The first-order valence-corrected chi connectivity index (χ1v) is 9.99. The summed E-state index contributed by atoms with van der Waals surface area (Å²) in [5, 5.41) is 3.32. The number of carbonyl (C=O) groups excluding carboxylic acids is 2. The number of ether oxygens (including phenoxy) is 2. The van der Waals surface area contributed by atoms with Crippen LogP contribution < -0.4 is 5.32 Å². The van der Waals surface area contributed by atoms with Crippen molar-refractivity contribution in [3.63, 3.8) is 0 Å². The standard InChI is InChI=1S/C22H25ClN2O4/c1-28-20-3-2-12-25(14-20)21(26)13-16-6-10-19(11-7-16)24-22(27)29-15-17-4-8-18(23)9-5-17/h4-11,20H,2-3,12-15H2,1H3,(H,24,27)/t20-/m1/s1. The van der Waals surface area contributed by atoms with Crippen molar-refractivity contribution >= 4 is 29.3 Å². The highest BCUT2D eigenvalue weighted by molar-refractivity contribution is 6.30. The second-order valence-corrected chi connectivity index (χ2v) is 7.48. The van der Waals surface area contributed by atoms with Crippen molar-refractivity contribution in [2.45, 2.75) is 32.0 Å². The van der Waals surface area contributed by atoms with Gasteiger partial charge in [0.15, 0.2) is 0 Å². The monoisotopic (exact) mass is 416 g/mol. The van der Waals surface area contributed by atoms with Gasteiger partial charge in [0, 0.05) is 30.9 Å². The molecule has 2 aromatic carbocycles. The van der Waals surface area contributed by atoms with Crippen LogP contribution >= 0.6 is 11.6 Å². The van der Waals surface area contributed by atoms with Gasteiger partial charge >= 0.3 is 6.09 Å².